The van der Waals surface area contributed by atoms with Crippen LogP contribution in [0.3, 0.4) is 0 Å². The molecule has 0 aromatic heterocycles. The fourth-order valence-electron chi connectivity index (χ4n) is 3.10. The predicted octanol–water partition coefficient (Wildman–Crippen LogP) is 4.26. The second-order valence-corrected chi connectivity index (χ2v) is 7.46. The van der Waals surface area contributed by atoms with Gasteiger partial charge in [0.25, 0.3) is 0 Å². The van der Waals surface area contributed by atoms with E-state index in [1.165, 1.54) is 46.0 Å². The molecular weight excluding hydrogens is 320 g/mol. The number of unbranched alkanes of at least 4 members (excludes halogenated alkanes) is 1. The maximum Gasteiger partial charge on any atom is 0.302 e. The highest BCUT2D eigenvalue weighted by Crippen LogP contribution is 2.38. The summed E-state index contributed by atoms with van der Waals surface area (Å²) in [6.45, 7) is 8.20. The molecule has 0 spiro atoms. The molecule has 148 valence electrons. The second-order valence-electron chi connectivity index (χ2n) is 7.46. The monoisotopic (exact) mass is 358 g/mol. The number of hydrogen-bond donors (Lipinski definition) is 1. The SMILES string of the molecule is CC1(CCO)CCCCC1.CCCCC(COC(C)=O)COC(C)=O. The van der Waals surface area contributed by atoms with Gasteiger partial charge in [0.1, 0.15) is 0 Å². The standard InChI is InChI=1S/C11H20O4.C9H18O/c1-4-5-6-11(7-14-9(2)12)8-15-10(3)13;1-9(7-8-10)5-3-2-4-6-9/h11H,4-8H2,1-3H3;10H,2-8H2,1H3. The lowest BCUT2D eigenvalue weighted by Crippen LogP contribution is -2.21. The molecule has 0 unspecified atom stereocenters. The first-order valence-corrected chi connectivity index (χ1v) is 9.70. The lowest BCUT2D eigenvalue weighted by Gasteiger charge is -2.32. The molecule has 1 N–H and O–H groups in total. The van der Waals surface area contributed by atoms with Gasteiger partial charge in [-0.3, -0.25) is 9.59 Å². The van der Waals surface area contributed by atoms with Crippen LogP contribution in [0.15, 0.2) is 0 Å². The van der Waals surface area contributed by atoms with Gasteiger partial charge in [0.15, 0.2) is 0 Å². The third-order valence-corrected chi connectivity index (χ3v) is 4.79. The van der Waals surface area contributed by atoms with Gasteiger partial charge in [0, 0.05) is 26.4 Å². The number of rotatable bonds is 9. The van der Waals surface area contributed by atoms with Crippen molar-refractivity contribution in [2.45, 2.75) is 85.5 Å². The van der Waals surface area contributed by atoms with E-state index in [0.717, 1.165) is 25.7 Å². The average Bonchev–Trinajstić information content (AvgIpc) is 2.55. The highest BCUT2D eigenvalue weighted by atomic mass is 16.5. The van der Waals surface area contributed by atoms with Crippen LogP contribution in [-0.4, -0.2) is 36.9 Å². The molecule has 0 heterocycles. The van der Waals surface area contributed by atoms with Gasteiger partial charge in [-0.2, -0.15) is 0 Å². The molecule has 0 bridgehead atoms. The van der Waals surface area contributed by atoms with Crippen LogP contribution in [0.5, 0.6) is 0 Å². The van der Waals surface area contributed by atoms with Crippen LogP contribution in [-0.2, 0) is 19.1 Å². The van der Waals surface area contributed by atoms with E-state index >= 15 is 0 Å². The molecule has 1 aliphatic carbocycles. The quantitative estimate of drug-likeness (QED) is 0.624. The fourth-order valence-corrected chi connectivity index (χ4v) is 3.10. The van der Waals surface area contributed by atoms with Crippen molar-refractivity contribution >= 4 is 11.9 Å². The molecule has 0 aromatic rings. The Morgan fingerprint density at radius 3 is 1.96 bits per heavy atom. The van der Waals surface area contributed by atoms with Crippen molar-refractivity contribution in [2.24, 2.45) is 11.3 Å². The Hall–Kier alpha value is -1.10. The minimum atomic E-state index is -0.292. The van der Waals surface area contributed by atoms with E-state index in [-0.39, 0.29) is 17.9 Å². The summed E-state index contributed by atoms with van der Waals surface area (Å²) in [6, 6.07) is 0. The van der Waals surface area contributed by atoms with E-state index in [2.05, 4.69) is 13.8 Å². The number of carbonyl (C=O) groups is 2. The molecule has 0 amide bonds. The van der Waals surface area contributed by atoms with E-state index < -0.39 is 0 Å². The van der Waals surface area contributed by atoms with Gasteiger partial charge in [-0.05, 0) is 31.1 Å². The number of carbonyl (C=O) groups excluding carboxylic acids is 2. The van der Waals surface area contributed by atoms with E-state index in [0.29, 0.717) is 25.2 Å². The predicted molar refractivity (Wildman–Crippen MR) is 99.2 cm³/mol. The van der Waals surface area contributed by atoms with Gasteiger partial charge in [0.2, 0.25) is 0 Å². The van der Waals surface area contributed by atoms with Crippen LogP contribution in [0, 0.1) is 11.3 Å². The first-order chi connectivity index (χ1) is 11.8. The zero-order valence-corrected chi connectivity index (χ0v) is 16.6. The molecule has 1 fully saturated rings. The Balaban J connectivity index is 0.000000496. The van der Waals surface area contributed by atoms with E-state index in [9.17, 15) is 9.59 Å². The Morgan fingerprint density at radius 2 is 1.56 bits per heavy atom. The van der Waals surface area contributed by atoms with Crippen molar-refractivity contribution in [3.63, 3.8) is 0 Å². The van der Waals surface area contributed by atoms with Crippen molar-refractivity contribution in [3.8, 4) is 0 Å². The topological polar surface area (TPSA) is 72.8 Å². The van der Waals surface area contributed by atoms with Crippen molar-refractivity contribution in [2.75, 3.05) is 19.8 Å². The molecule has 1 aliphatic rings. The first-order valence-electron chi connectivity index (χ1n) is 9.70. The van der Waals surface area contributed by atoms with Crippen LogP contribution in [0.25, 0.3) is 0 Å². The molecule has 0 saturated heterocycles. The molecule has 25 heavy (non-hydrogen) atoms. The Kier molecular flexibility index (Phi) is 13.5. The summed E-state index contributed by atoms with van der Waals surface area (Å²) < 4.78 is 9.81. The zero-order valence-electron chi connectivity index (χ0n) is 16.6. The normalized spacial score (nSPS) is 15.9. The number of hydrogen-bond acceptors (Lipinski definition) is 5. The highest BCUT2D eigenvalue weighted by molar-refractivity contribution is 5.66. The van der Waals surface area contributed by atoms with Gasteiger partial charge in [-0.25, -0.2) is 0 Å². The third-order valence-electron chi connectivity index (χ3n) is 4.79. The molecule has 1 rings (SSSR count). The highest BCUT2D eigenvalue weighted by Gasteiger charge is 2.25. The third kappa shape index (κ3) is 13.8. The van der Waals surface area contributed by atoms with Gasteiger partial charge in [-0.15, -0.1) is 0 Å². The minimum Gasteiger partial charge on any atom is -0.465 e. The van der Waals surface area contributed by atoms with Crippen LogP contribution >= 0.6 is 0 Å². The van der Waals surface area contributed by atoms with Crippen molar-refractivity contribution in [3.05, 3.63) is 0 Å². The summed E-state index contributed by atoms with van der Waals surface area (Å²) in [5, 5.41) is 8.78. The lowest BCUT2D eigenvalue weighted by molar-refractivity contribution is -0.146. The average molecular weight is 359 g/mol. The van der Waals surface area contributed by atoms with Gasteiger partial charge >= 0.3 is 11.9 Å². The van der Waals surface area contributed by atoms with Crippen LogP contribution < -0.4 is 0 Å². The van der Waals surface area contributed by atoms with Gasteiger partial charge < -0.3 is 14.6 Å². The van der Waals surface area contributed by atoms with Gasteiger partial charge in [-0.1, -0.05) is 46.0 Å². The Bertz CT molecular complexity index is 338. The molecular formula is C20H38O5. The maximum atomic E-state index is 10.6. The fraction of sp³-hybridized carbons (Fsp3) is 0.900. The molecule has 5 nitrogen and oxygen atoms in total. The van der Waals surface area contributed by atoms with Crippen molar-refractivity contribution in [1.29, 1.82) is 0 Å². The summed E-state index contributed by atoms with van der Waals surface area (Å²) in [5.41, 5.74) is 0.479. The van der Waals surface area contributed by atoms with Gasteiger partial charge in [0.05, 0.1) is 13.2 Å². The smallest absolute Gasteiger partial charge is 0.302 e. The Labute approximate surface area is 153 Å². The molecule has 0 aliphatic heterocycles. The van der Waals surface area contributed by atoms with E-state index in [1.807, 2.05) is 0 Å². The van der Waals surface area contributed by atoms with Crippen LogP contribution in [0.4, 0.5) is 0 Å². The first kappa shape index (κ1) is 23.9. The minimum absolute atomic E-state index is 0.123. The van der Waals surface area contributed by atoms with E-state index in [1.54, 1.807) is 0 Å². The van der Waals surface area contributed by atoms with Crippen molar-refractivity contribution < 1.29 is 24.2 Å². The largest absolute Gasteiger partial charge is 0.465 e. The molecule has 0 radical (unpaired) electrons. The number of ether oxygens (including phenoxy) is 2. The summed E-state index contributed by atoms with van der Waals surface area (Å²) in [4.78, 5) is 21.3. The molecule has 1 saturated carbocycles. The molecule has 5 heteroatoms. The maximum absolute atomic E-state index is 10.6. The summed E-state index contributed by atoms with van der Waals surface area (Å²) >= 11 is 0. The van der Waals surface area contributed by atoms with Crippen LogP contribution in [0.2, 0.25) is 0 Å². The summed E-state index contributed by atoms with van der Waals surface area (Å²) in [6.07, 6.45) is 10.9. The Morgan fingerprint density at radius 1 is 1.04 bits per heavy atom. The second kappa shape index (κ2) is 14.1. The lowest BCUT2D eigenvalue weighted by atomic mass is 9.74. The summed E-state index contributed by atoms with van der Waals surface area (Å²) in [5.74, 6) is -0.462. The number of aliphatic hydroxyl groups is 1. The molecule has 0 atom stereocenters. The number of esters is 2. The summed E-state index contributed by atoms with van der Waals surface area (Å²) in [7, 11) is 0. The van der Waals surface area contributed by atoms with Crippen molar-refractivity contribution in [1.82, 2.24) is 0 Å². The van der Waals surface area contributed by atoms with Crippen LogP contribution in [0.1, 0.15) is 85.5 Å². The number of aliphatic hydroxyl groups excluding tert-OH is 1. The van der Waals surface area contributed by atoms with E-state index in [4.69, 9.17) is 14.6 Å². The molecule has 0 aromatic carbocycles. The zero-order chi connectivity index (χ0) is 19.1.